The summed E-state index contributed by atoms with van der Waals surface area (Å²) >= 11 is 0. The zero-order valence-corrected chi connectivity index (χ0v) is 11.7. The Balaban J connectivity index is 2.54. The highest BCUT2D eigenvalue weighted by molar-refractivity contribution is 5.93. The molecule has 0 heterocycles. The van der Waals surface area contributed by atoms with Crippen LogP contribution in [-0.2, 0) is 9.53 Å². The molecule has 1 aromatic carbocycles. The van der Waals surface area contributed by atoms with Crippen LogP contribution in [0.4, 0.5) is 11.4 Å². The van der Waals surface area contributed by atoms with Gasteiger partial charge in [0.1, 0.15) is 12.4 Å². The number of carbonyl (C=O) groups excluding carboxylic acids is 1. The van der Waals surface area contributed by atoms with E-state index < -0.39 is 0 Å². The van der Waals surface area contributed by atoms with Gasteiger partial charge in [0, 0.05) is 5.69 Å². The van der Waals surface area contributed by atoms with Gasteiger partial charge in [-0.3, -0.25) is 4.79 Å². The van der Waals surface area contributed by atoms with Crippen LogP contribution in [0.15, 0.2) is 18.2 Å². The second kappa shape index (κ2) is 7.63. The molecule has 3 N–H and O–H groups in total. The highest BCUT2D eigenvalue weighted by Gasteiger charge is 2.10. The number of nitrogen functional groups attached to an aromatic ring is 1. The second-order valence-corrected chi connectivity index (χ2v) is 4.42. The normalized spacial score (nSPS) is 11.9. The van der Waals surface area contributed by atoms with Crippen molar-refractivity contribution < 1.29 is 14.3 Å². The molecule has 5 nitrogen and oxygen atoms in total. The standard InChI is InChI=1S/C14H22N2O3/c1-4-5-10(2)19-9-14(17)16-12-8-11(15)6-7-13(12)18-3/h6-8,10H,4-5,9,15H2,1-3H3,(H,16,17). The molecule has 0 spiro atoms. The molecule has 1 aromatic rings. The largest absolute Gasteiger partial charge is 0.495 e. The molecule has 0 saturated heterocycles. The number of rotatable bonds is 7. The molecule has 0 saturated carbocycles. The van der Waals surface area contributed by atoms with Gasteiger partial charge in [0.15, 0.2) is 0 Å². The molecule has 0 aromatic heterocycles. The predicted molar refractivity (Wildman–Crippen MR) is 76.4 cm³/mol. The van der Waals surface area contributed by atoms with Gasteiger partial charge in [-0.05, 0) is 31.5 Å². The smallest absolute Gasteiger partial charge is 0.250 e. The summed E-state index contributed by atoms with van der Waals surface area (Å²) in [4.78, 5) is 11.8. The van der Waals surface area contributed by atoms with Crippen LogP contribution in [0.3, 0.4) is 0 Å². The van der Waals surface area contributed by atoms with E-state index in [1.54, 1.807) is 25.3 Å². The monoisotopic (exact) mass is 266 g/mol. The molecule has 0 radical (unpaired) electrons. The number of hydrogen-bond donors (Lipinski definition) is 2. The van der Waals surface area contributed by atoms with E-state index in [2.05, 4.69) is 12.2 Å². The molecule has 0 fully saturated rings. The second-order valence-electron chi connectivity index (χ2n) is 4.42. The van der Waals surface area contributed by atoms with Crippen LogP contribution in [0.2, 0.25) is 0 Å². The summed E-state index contributed by atoms with van der Waals surface area (Å²) in [7, 11) is 1.54. The Bertz CT molecular complexity index is 421. The van der Waals surface area contributed by atoms with Crippen molar-refractivity contribution in [3.8, 4) is 5.75 Å². The Morgan fingerprint density at radius 2 is 2.21 bits per heavy atom. The summed E-state index contributed by atoms with van der Waals surface area (Å²) in [5.41, 5.74) is 6.80. The first-order valence-electron chi connectivity index (χ1n) is 6.41. The molecule has 0 aliphatic carbocycles. The number of amides is 1. The van der Waals surface area contributed by atoms with Crippen LogP contribution in [0.5, 0.6) is 5.75 Å². The Hall–Kier alpha value is -1.75. The lowest BCUT2D eigenvalue weighted by molar-refractivity contribution is -0.122. The van der Waals surface area contributed by atoms with Crippen LogP contribution < -0.4 is 15.8 Å². The van der Waals surface area contributed by atoms with Crippen LogP contribution >= 0.6 is 0 Å². The number of carbonyl (C=O) groups is 1. The van der Waals surface area contributed by atoms with E-state index in [9.17, 15) is 4.79 Å². The van der Waals surface area contributed by atoms with Gasteiger partial charge in [-0.15, -0.1) is 0 Å². The molecule has 0 aliphatic heterocycles. The number of nitrogens with one attached hydrogen (secondary N) is 1. The lowest BCUT2D eigenvalue weighted by Crippen LogP contribution is -2.22. The molecule has 1 atom stereocenters. The maximum absolute atomic E-state index is 11.8. The van der Waals surface area contributed by atoms with Gasteiger partial charge in [0.2, 0.25) is 5.91 Å². The molecular weight excluding hydrogens is 244 g/mol. The van der Waals surface area contributed by atoms with Crippen LogP contribution in [0.25, 0.3) is 0 Å². The minimum Gasteiger partial charge on any atom is -0.495 e. The fourth-order valence-corrected chi connectivity index (χ4v) is 1.72. The molecule has 1 unspecified atom stereocenters. The van der Waals surface area contributed by atoms with Crippen molar-refractivity contribution in [3.05, 3.63) is 18.2 Å². The number of hydrogen-bond acceptors (Lipinski definition) is 4. The van der Waals surface area contributed by atoms with Gasteiger partial charge in [0.05, 0.1) is 18.9 Å². The first-order valence-corrected chi connectivity index (χ1v) is 6.41. The summed E-state index contributed by atoms with van der Waals surface area (Å²) in [5.74, 6) is 0.357. The zero-order valence-electron chi connectivity index (χ0n) is 11.7. The minimum atomic E-state index is -0.216. The van der Waals surface area contributed by atoms with E-state index >= 15 is 0 Å². The molecule has 19 heavy (non-hydrogen) atoms. The zero-order chi connectivity index (χ0) is 14.3. The summed E-state index contributed by atoms with van der Waals surface area (Å²) in [6.45, 7) is 4.06. The summed E-state index contributed by atoms with van der Waals surface area (Å²) in [6, 6.07) is 5.09. The third-order valence-corrected chi connectivity index (χ3v) is 2.69. The number of benzene rings is 1. The number of ether oxygens (including phenoxy) is 2. The number of methoxy groups -OCH3 is 1. The van der Waals surface area contributed by atoms with Gasteiger partial charge < -0.3 is 20.5 Å². The molecule has 1 rings (SSSR count). The van der Waals surface area contributed by atoms with E-state index in [0.29, 0.717) is 17.1 Å². The van der Waals surface area contributed by atoms with E-state index in [1.165, 1.54) is 0 Å². The Morgan fingerprint density at radius 3 is 2.84 bits per heavy atom. The van der Waals surface area contributed by atoms with E-state index in [4.69, 9.17) is 15.2 Å². The number of anilines is 2. The Morgan fingerprint density at radius 1 is 1.47 bits per heavy atom. The lowest BCUT2D eigenvalue weighted by atomic mass is 10.2. The highest BCUT2D eigenvalue weighted by atomic mass is 16.5. The highest BCUT2D eigenvalue weighted by Crippen LogP contribution is 2.26. The topological polar surface area (TPSA) is 73.6 Å². The molecular formula is C14H22N2O3. The Kier molecular flexibility index (Phi) is 6.15. The SMILES string of the molecule is CCCC(C)OCC(=O)Nc1cc(N)ccc1OC. The molecule has 5 heteroatoms. The number of nitrogens with two attached hydrogens (primary N) is 1. The summed E-state index contributed by atoms with van der Waals surface area (Å²) in [6.07, 6.45) is 2.05. The summed E-state index contributed by atoms with van der Waals surface area (Å²) in [5, 5.41) is 2.73. The minimum absolute atomic E-state index is 0.0269. The van der Waals surface area contributed by atoms with Gasteiger partial charge in [-0.1, -0.05) is 13.3 Å². The summed E-state index contributed by atoms with van der Waals surface area (Å²) < 4.78 is 10.6. The van der Waals surface area contributed by atoms with E-state index in [0.717, 1.165) is 12.8 Å². The van der Waals surface area contributed by atoms with Crippen molar-refractivity contribution in [2.24, 2.45) is 0 Å². The van der Waals surface area contributed by atoms with Crippen LogP contribution in [0, 0.1) is 0 Å². The Labute approximate surface area is 114 Å². The quantitative estimate of drug-likeness (QED) is 0.743. The molecule has 0 bridgehead atoms. The van der Waals surface area contributed by atoms with Crippen molar-refractivity contribution in [1.82, 2.24) is 0 Å². The van der Waals surface area contributed by atoms with Crippen LogP contribution in [-0.4, -0.2) is 25.7 Å². The van der Waals surface area contributed by atoms with Gasteiger partial charge in [-0.25, -0.2) is 0 Å². The van der Waals surface area contributed by atoms with Crippen LogP contribution in [0.1, 0.15) is 26.7 Å². The first kappa shape index (κ1) is 15.3. The van der Waals surface area contributed by atoms with E-state index in [-0.39, 0.29) is 18.6 Å². The first-order chi connectivity index (χ1) is 9.06. The van der Waals surface area contributed by atoms with Crippen molar-refractivity contribution in [2.45, 2.75) is 32.8 Å². The lowest BCUT2D eigenvalue weighted by Gasteiger charge is -2.13. The van der Waals surface area contributed by atoms with Gasteiger partial charge >= 0.3 is 0 Å². The van der Waals surface area contributed by atoms with Gasteiger partial charge in [0.25, 0.3) is 0 Å². The average Bonchev–Trinajstić information content (AvgIpc) is 2.37. The van der Waals surface area contributed by atoms with Crippen molar-refractivity contribution in [2.75, 3.05) is 24.8 Å². The van der Waals surface area contributed by atoms with Crippen molar-refractivity contribution in [3.63, 3.8) is 0 Å². The third kappa shape index (κ3) is 5.18. The average molecular weight is 266 g/mol. The van der Waals surface area contributed by atoms with Crippen molar-refractivity contribution in [1.29, 1.82) is 0 Å². The fraction of sp³-hybridized carbons (Fsp3) is 0.500. The predicted octanol–water partition coefficient (Wildman–Crippen LogP) is 2.42. The molecule has 0 aliphatic rings. The maximum Gasteiger partial charge on any atom is 0.250 e. The third-order valence-electron chi connectivity index (χ3n) is 2.69. The van der Waals surface area contributed by atoms with E-state index in [1.807, 2.05) is 6.92 Å². The van der Waals surface area contributed by atoms with Crippen molar-refractivity contribution >= 4 is 17.3 Å². The maximum atomic E-state index is 11.8. The fourth-order valence-electron chi connectivity index (χ4n) is 1.72. The van der Waals surface area contributed by atoms with Gasteiger partial charge in [-0.2, -0.15) is 0 Å². The molecule has 106 valence electrons. The molecule has 1 amide bonds.